The van der Waals surface area contributed by atoms with E-state index in [9.17, 15) is 10.1 Å². The zero-order chi connectivity index (χ0) is 16.2. The Morgan fingerprint density at radius 1 is 1.17 bits per heavy atom. The SMILES string of the molecule is N#Cc1c(NC(=S)NC(=O)C2CCCCC2)sc2c1CCCC2. The molecule has 1 saturated carbocycles. The van der Waals surface area contributed by atoms with Crippen LogP contribution in [0.25, 0.3) is 0 Å². The second-order valence-corrected chi connectivity index (χ2v) is 7.82. The number of nitrogens with one attached hydrogen (secondary N) is 2. The molecule has 4 nitrogen and oxygen atoms in total. The number of nitrogens with zero attached hydrogens (tertiary/aromatic N) is 1. The molecule has 1 aromatic rings. The van der Waals surface area contributed by atoms with Crippen molar-refractivity contribution in [2.45, 2.75) is 57.8 Å². The molecule has 0 bridgehead atoms. The van der Waals surface area contributed by atoms with Crippen molar-refractivity contribution < 1.29 is 4.79 Å². The topological polar surface area (TPSA) is 64.9 Å². The van der Waals surface area contributed by atoms with Crippen molar-refractivity contribution in [1.29, 1.82) is 5.26 Å². The molecule has 0 radical (unpaired) electrons. The Labute approximate surface area is 146 Å². The molecule has 2 aliphatic carbocycles. The smallest absolute Gasteiger partial charge is 0.229 e. The first kappa shape index (κ1) is 16.4. The van der Waals surface area contributed by atoms with Crippen LogP contribution in [0, 0.1) is 17.2 Å². The Balaban J connectivity index is 1.65. The molecule has 1 heterocycles. The number of carbonyl (C=O) groups is 1. The molecule has 2 N–H and O–H groups in total. The highest BCUT2D eigenvalue weighted by atomic mass is 32.1. The summed E-state index contributed by atoms with van der Waals surface area (Å²) in [5, 5.41) is 16.4. The number of hydrogen-bond donors (Lipinski definition) is 2. The summed E-state index contributed by atoms with van der Waals surface area (Å²) in [6, 6.07) is 2.30. The maximum atomic E-state index is 12.2. The highest BCUT2D eigenvalue weighted by Crippen LogP contribution is 2.37. The molecule has 0 saturated heterocycles. The molecule has 1 amide bonds. The van der Waals surface area contributed by atoms with Crippen LogP contribution in [0.1, 0.15) is 60.9 Å². The van der Waals surface area contributed by atoms with Gasteiger partial charge in [0.1, 0.15) is 11.1 Å². The summed E-state index contributed by atoms with van der Waals surface area (Å²) in [5.74, 6) is 0.0949. The van der Waals surface area contributed by atoms with Gasteiger partial charge >= 0.3 is 0 Å². The number of thiocarbonyl (C=S) groups is 1. The highest BCUT2D eigenvalue weighted by Gasteiger charge is 2.24. The van der Waals surface area contributed by atoms with Gasteiger partial charge in [0, 0.05) is 10.8 Å². The summed E-state index contributed by atoms with van der Waals surface area (Å²) in [6.45, 7) is 0. The minimum absolute atomic E-state index is 0.0158. The number of thiophene rings is 1. The molecule has 1 fully saturated rings. The number of nitriles is 1. The minimum Gasteiger partial charge on any atom is -0.323 e. The van der Waals surface area contributed by atoms with Crippen molar-refractivity contribution in [2.75, 3.05) is 5.32 Å². The largest absolute Gasteiger partial charge is 0.323 e. The maximum Gasteiger partial charge on any atom is 0.229 e. The average Bonchev–Trinajstić information content (AvgIpc) is 2.92. The lowest BCUT2D eigenvalue weighted by Crippen LogP contribution is -2.38. The Hall–Kier alpha value is -1.45. The Morgan fingerprint density at radius 3 is 2.65 bits per heavy atom. The van der Waals surface area contributed by atoms with Crippen LogP contribution < -0.4 is 10.6 Å². The summed E-state index contributed by atoms with van der Waals surface area (Å²) in [5.41, 5.74) is 1.88. The fourth-order valence-electron chi connectivity index (χ4n) is 3.49. The summed E-state index contributed by atoms with van der Waals surface area (Å²) in [4.78, 5) is 13.5. The third kappa shape index (κ3) is 3.73. The van der Waals surface area contributed by atoms with Gasteiger partial charge in [-0.05, 0) is 56.3 Å². The van der Waals surface area contributed by atoms with E-state index >= 15 is 0 Å². The van der Waals surface area contributed by atoms with E-state index in [0.29, 0.717) is 10.7 Å². The van der Waals surface area contributed by atoms with Gasteiger partial charge in [-0.3, -0.25) is 4.79 Å². The number of rotatable bonds is 2. The van der Waals surface area contributed by atoms with Crippen molar-refractivity contribution in [1.82, 2.24) is 5.32 Å². The second-order valence-electron chi connectivity index (χ2n) is 6.31. The van der Waals surface area contributed by atoms with Crippen LogP contribution in [-0.4, -0.2) is 11.0 Å². The Kier molecular flexibility index (Phi) is 5.29. The third-order valence-electron chi connectivity index (χ3n) is 4.72. The van der Waals surface area contributed by atoms with Crippen molar-refractivity contribution >= 4 is 39.6 Å². The van der Waals surface area contributed by atoms with E-state index in [-0.39, 0.29) is 11.8 Å². The quantitative estimate of drug-likeness (QED) is 0.797. The first-order chi connectivity index (χ1) is 11.2. The molecule has 122 valence electrons. The first-order valence-corrected chi connectivity index (χ1v) is 9.58. The van der Waals surface area contributed by atoms with Crippen molar-refractivity contribution in [3.63, 3.8) is 0 Å². The average molecular weight is 348 g/mol. The zero-order valence-corrected chi connectivity index (χ0v) is 14.7. The standard InChI is InChI=1S/C17H21N3OS2/c18-10-13-12-8-4-5-9-14(12)23-16(13)20-17(22)19-15(21)11-6-2-1-3-7-11/h11H,1-9H2,(H2,19,20,21,22). The predicted octanol–water partition coefficient (Wildman–Crippen LogP) is 3.89. The van der Waals surface area contributed by atoms with Gasteiger partial charge < -0.3 is 10.6 Å². The van der Waals surface area contributed by atoms with Crippen LogP contribution in [0.3, 0.4) is 0 Å². The number of carbonyl (C=O) groups excluding carboxylic acids is 1. The summed E-state index contributed by atoms with van der Waals surface area (Å²) in [6.07, 6.45) is 9.69. The van der Waals surface area contributed by atoms with Crippen LogP contribution in [0.4, 0.5) is 5.00 Å². The molecule has 0 spiro atoms. The predicted molar refractivity (Wildman–Crippen MR) is 96.6 cm³/mol. The van der Waals surface area contributed by atoms with E-state index in [1.165, 1.54) is 23.3 Å². The Morgan fingerprint density at radius 2 is 1.91 bits per heavy atom. The van der Waals surface area contributed by atoms with Crippen LogP contribution in [0.2, 0.25) is 0 Å². The molecule has 0 aliphatic heterocycles. The molecule has 3 rings (SSSR count). The minimum atomic E-state index is 0.0158. The molecule has 0 unspecified atom stereocenters. The molecule has 0 aromatic carbocycles. The normalized spacial score (nSPS) is 17.9. The van der Waals surface area contributed by atoms with E-state index in [2.05, 4.69) is 16.7 Å². The van der Waals surface area contributed by atoms with Gasteiger partial charge in [-0.15, -0.1) is 11.3 Å². The number of aryl methyl sites for hydroxylation is 1. The van der Waals surface area contributed by atoms with Crippen LogP contribution in [0.5, 0.6) is 0 Å². The fraction of sp³-hybridized carbons (Fsp3) is 0.588. The van der Waals surface area contributed by atoms with Gasteiger partial charge in [-0.25, -0.2) is 0 Å². The van der Waals surface area contributed by atoms with Crippen molar-refractivity contribution in [3.05, 3.63) is 16.0 Å². The van der Waals surface area contributed by atoms with Gasteiger partial charge in [-0.1, -0.05) is 19.3 Å². The molecule has 6 heteroatoms. The summed E-state index contributed by atoms with van der Waals surface area (Å²) in [7, 11) is 0. The number of anilines is 1. The third-order valence-corrected chi connectivity index (χ3v) is 6.13. The van der Waals surface area contributed by atoms with E-state index < -0.39 is 0 Å². The highest BCUT2D eigenvalue weighted by molar-refractivity contribution is 7.80. The number of amides is 1. The molecular formula is C17H21N3OS2. The van der Waals surface area contributed by atoms with Gasteiger partial charge in [0.15, 0.2) is 5.11 Å². The van der Waals surface area contributed by atoms with E-state index in [1.54, 1.807) is 11.3 Å². The summed E-state index contributed by atoms with van der Waals surface area (Å²) >= 11 is 6.89. The lowest BCUT2D eigenvalue weighted by Gasteiger charge is -2.21. The van der Waals surface area contributed by atoms with Crippen LogP contribution in [-0.2, 0) is 17.6 Å². The van der Waals surface area contributed by atoms with Crippen LogP contribution >= 0.6 is 23.6 Å². The second kappa shape index (κ2) is 7.41. The number of fused-ring (bicyclic) bond motifs is 1. The lowest BCUT2D eigenvalue weighted by molar-refractivity contribution is -0.124. The fourth-order valence-corrected chi connectivity index (χ4v) is 5.00. The van der Waals surface area contributed by atoms with E-state index in [1.807, 2.05) is 0 Å². The van der Waals surface area contributed by atoms with Crippen LogP contribution in [0.15, 0.2) is 0 Å². The van der Waals surface area contributed by atoms with Gasteiger partial charge in [0.05, 0.1) is 5.56 Å². The molecular weight excluding hydrogens is 326 g/mol. The van der Waals surface area contributed by atoms with Gasteiger partial charge in [-0.2, -0.15) is 5.26 Å². The molecule has 1 aromatic heterocycles. The monoisotopic (exact) mass is 347 g/mol. The molecule has 23 heavy (non-hydrogen) atoms. The van der Waals surface area contributed by atoms with Crippen molar-refractivity contribution in [3.8, 4) is 6.07 Å². The summed E-state index contributed by atoms with van der Waals surface area (Å²) < 4.78 is 0. The maximum absolute atomic E-state index is 12.2. The Bertz CT molecular complexity index is 654. The number of hydrogen-bond acceptors (Lipinski definition) is 4. The molecule has 2 aliphatic rings. The first-order valence-electron chi connectivity index (χ1n) is 8.35. The zero-order valence-electron chi connectivity index (χ0n) is 13.1. The lowest BCUT2D eigenvalue weighted by atomic mass is 9.89. The van der Waals surface area contributed by atoms with Gasteiger partial charge in [0.25, 0.3) is 0 Å². The van der Waals surface area contributed by atoms with E-state index in [0.717, 1.165) is 49.9 Å². The van der Waals surface area contributed by atoms with E-state index in [4.69, 9.17) is 12.2 Å². The molecule has 0 atom stereocenters. The van der Waals surface area contributed by atoms with Crippen molar-refractivity contribution in [2.24, 2.45) is 5.92 Å². The van der Waals surface area contributed by atoms with Gasteiger partial charge in [0.2, 0.25) is 5.91 Å².